The largest absolute Gasteiger partial charge is 0.457 e. The highest BCUT2D eigenvalue weighted by molar-refractivity contribution is 9.10. The molecule has 4 heterocycles. The van der Waals surface area contributed by atoms with Crippen molar-refractivity contribution in [2.75, 3.05) is 18.4 Å². The van der Waals surface area contributed by atoms with Crippen LogP contribution in [0, 0.1) is 0 Å². The van der Waals surface area contributed by atoms with Gasteiger partial charge in [-0.3, -0.25) is 4.98 Å². The second-order valence-corrected chi connectivity index (χ2v) is 11.7. The summed E-state index contributed by atoms with van der Waals surface area (Å²) < 4.78 is 23.9. The lowest BCUT2D eigenvalue weighted by molar-refractivity contribution is 0.331. The molecule has 1 unspecified atom stereocenters. The summed E-state index contributed by atoms with van der Waals surface area (Å²) in [4.78, 5) is 9.92. The number of piperidine rings is 1. The van der Waals surface area contributed by atoms with Crippen LogP contribution >= 0.6 is 15.9 Å². The number of halogens is 1. The minimum Gasteiger partial charge on any atom is -0.457 e. The van der Waals surface area contributed by atoms with Crippen molar-refractivity contribution < 1.29 is 8.95 Å². The van der Waals surface area contributed by atoms with Gasteiger partial charge in [0, 0.05) is 49.7 Å². The van der Waals surface area contributed by atoms with Crippen molar-refractivity contribution >= 4 is 38.4 Å². The second kappa shape index (κ2) is 11.6. The van der Waals surface area contributed by atoms with Gasteiger partial charge in [0.1, 0.15) is 28.3 Å². The molecule has 10 heteroatoms. The standard InChI is InChI=1S/C29H27BrN6O2S/c30-26-20-33-36-28(32-19-21-5-4-14-31-18-21)17-27(34-29(26)36)22-12-15-35(16-13-22)39(37)25-10-8-24(9-11-25)38-23-6-2-1-3-7-23/h1-11,14,17-18,20,22,32H,12-13,15-16,19H2. The highest BCUT2D eigenvalue weighted by Gasteiger charge is 2.27. The van der Waals surface area contributed by atoms with Crippen LogP contribution in [-0.4, -0.2) is 41.2 Å². The summed E-state index contributed by atoms with van der Waals surface area (Å²) in [5.41, 5.74) is 2.89. The van der Waals surface area contributed by atoms with Gasteiger partial charge in [-0.05, 0) is 76.8 Å². The van der Waals surface area contributed by atoms with Crippen molar-refractivity contribution in [2.24, 2.45) is 0 Å². The van der Waals surface area contributed by atoms with Gasteiger partial charge in [-0.25, -0.2) is 13.5 Å². The third kappa shape index (κ3) is 5.88. The normalized spacial score (nSPS) is 15.3. The molecule has 1 aliphatic heterocycles. The summed E-state index contributed by atoms with van der Waals surface area (Å²) in [5.74, 6) is 2.65. The van der Waals surface area contributed by atoms with Gasteiger partial charge >= 0.3 is 0 Å². The fourth-order valence-corrected chi connectivity index (χ4v) is 6.26. The van der Waals surface area contributed by atoms with Crippen LogP contribution in [0.5, 0.6) is 11.5 Å². The summed E-state index contributed by atoms with van der Waals surface area (Å²) in [5, 5.41) is 7.98. The minimum atomic E-state index is -1.23. The molecule has 1 fully saturated rings. The molecule has 0 radical (unpaired) electrons. The van der Waals surface area contributed by atoms with E-state index >= 15 is 0 Å². The van der Waals surface area contributed by atoms with Crippen molar-refractivity contribution in [3.63, 3.8) is 0 Å². The van der Waals surface area contributed by atoms with E-state index in [9.17, 15) is 4.21 Å². The molecule has 1 aliphatic rings. The smallest absolute Gasteiger partial charge is 0.171 e. The Balaban J connectivity index is 1.12. The van der Waals surface area contributed by atoms with Crippen molar-refractivity contribution in [3.8, 4) is 11.5 Å². The quantitative estimate of drug-likeness (QED) is 0.228. The van der Waals surface area contributed by atoms with E-state index in [4.69, 9.17) is 9.72 Å². The number of para-hydroxylation sites is 1. The molecule has 0 spiro atoms. The first kappa shape index (κ1) is 25.7. The molecule has 0 amide bonds. The van der Waals surface area contributed by atoms with Gasteiger partial charge in [0.05, 0.1) is 15.6 Å². The molecule has 0 saturated carbocycles. The minimum absolute atomic E-state index is 0.269. The lowest BCUT2D eigenvalue weighted by Gasteiger charge is -2.30. The summed E-state index contributed by atoms with van der Waals surface area (Å²) in [6.07, 6.45) is 7.13. The van der Waals surface area contributed by atoms with Gasteiger partial charge in [0.15, 0.2) is 5.65 Å². The van der Waals surface area contributed by atoms with Crippen LogP contribution in [0.4, 0.5) is 5.82 Å². The number of benzene rings is 2. The van der Waals surface area contributed by atoms with Crippen molar-refractivity contribution in [1.82, 2.24) is 23.9 Å². The van der Waals surface area contributed by atoms with E-state index in [0.717, 1.165) is 69.5 Å². The molecular weight excluding hydrogens is 576 g/mol. The van der Waals surface area contributed by atoms with Gasteiger partial charge in [-0.15, -0.1) is 0 Å². The summed E-state index contributed by atoms with van der Waals surface area (Å²) in [6, 6.07) is 23.2. The topological polar surface area (TPSA) is 84.7 Å². The number of anilines is 1. The molecule has 198 valence electrons. The number of aromatic nitrogens is 4. The van der Waals surface area contributed by atoms with Crippen LogP contribution in [0.2, 0.25) is 0 Å². The van der Waals surface area contributed by atoms with E-state index in [2.05, 4.69) is 37.4 Å². The fourth-order valence-electron chi connectivity index (χ4n) is 4.70. The van der Waals surface area contributed by atoms with Crippen LogP contribution in [0.15, 0.2) is 101 Å². The van der Waals surface area contributed by atoms with E-state index in [1.165, 1.54) is 0 Å². The molecule has 1 atom stereocenters. The zero-order chi connectivity index (χ0) is 26.6. The first-order valence-electron chi connectivity index (χ1n) is 12.8. The molecule has 6 rings (SSSR count). The van der Waals surface area contributed by atoms with Crippen LogP contribution in [0.1, 0.15) is 30.0 Å². The Morgan fingerprint density at radius 3 is 2.49 bits per heavy atom. The maximum atomic E-state index is 13.3. The lowest BCUT2D eigenvalue weighted by Crippen LogP contribution is -2.34. The number of nitrogens with one attached hydrogen (secondary N) is 1. The zero-order valence-corrected chi connectivity index (χ0v) is 23.5. The highest BCUT2D eigenvalue weighted by Crippen LogP contribution is 2.32. The van der Waals surface area contributed by atoms with Crippen molar-refractivity contribution in [3.05, 3.63) is 107 Å². The predicted octanol–water partition coefficient (Wildman–Crippen LogP) is 6.19. The van der Waals surface area contributed by atoms with E-state index in [1.807, 2.05) is 81.7 Å². The van der Waals surface area contributed by atoms with E-state index in [-0.39, 0.29) is 5.92 Å². The summed E-state index contributed by atoms with van der Waals surface area (Å²) in [6.45, 7) is 2.09. The Hall–Kier alpha value is -3.60. The number of hydrogen-bond donors (Lipinski definition) is 1. The van der Waals surface area contributed by atoms with E-state index in [1.54, 1.807) is 12.4 Å². The molecule has 8 nitrogen and oxygen atoms in total. The number of hydrogen-bond acceptors (Lipinski definition) is 6. The van der Waals surface area contributed by atoms with Crippen LogP contribution in [0.25, 0.3) is 5.65 Å². The Kier molecular flexibility index (Phi) is 7.67. The van der Waals surface area contributed by atoms with Crippen molar-refractivity contribution in [2.45, 2.75) is 30.2 Å². The Morgan fingerprint density at radius 1 is 0.974 bits per heavy atom. The van der Waals surface area contributed by atoms with Crippen molar-refractivity contribution in [1.29, 1.82) is 0 Å². The molecule has 0 bridgehead atoms. The van der Waals surface area contributed by atoms with E-state index in [0.29, 0.717) is 6.54 Å². The molecular formula is C29H27BrN6O2S. The third-order valence-electron chi connectivity index (χ3n) is 6.76. The van der Waals surface area contributed by atoms with Crippen LogP contribution in [-0.2, 0) is 17.5 Å². The lowest BCUT2D eigenvalue weighted by atomic mass is 9.94. The van der Waals surface area contributed by atoms with E-state index < -0.39 is 11.0 Å². The number of fused-ring (bicyclic) bond motifs is 1. The molecule has 1 saturated heterocycles. The van der Waals surface area contributed by atoms with Crippen LogP contribution in [0.3, 0.4) is 0 Å². The third-order valence-corrected chi connectivity index (χ3v) is 8.82. The monoisotopic (exact) mass is 602 g/mol. The predicted molar refractivity (Wildman–Crippen MR) is 155 cm³/mol. The average molecular weight is 604 g/mol. The van der Waals surface area contributed by atoms with Crippen LogP contribution < -0.4 is 10.1 Å². The highest BCUT2D eigenvalue weighted by atomic mass is 79.9. The number of nitrogens with zero attached hydrogens (tertiary/aromatic N) is 5. The maximum absolute atomic E-state index is 13.3. The number of pyridine rings is 1. The first-order chi connectivity index (χ1) is 19.1. The van der Waals surface area contributed by atoms with Gasteiger partial charge in [0.25, 0.3) is 0 Å². The molecule has 2 aromatic carbocycles. The zero-order valence-electron chi connectivity index (χ0n) is 21.1. The molecule has 39 heavy (non-hydrogen) atoms. The average Bonchev–Trinajstić information content (AvgIpc) is 3.37. The molecule has 3 aromatic heterocycles. The number of ether oxygens (including phenoxy) is 1. The number of rotatable bonds is 8. The summed E-state index contributed by atoms with van der Waals surface area (Å²) >= 11 is 3.59. The van der Waals surface area contributed by atoms with Gasteiger partial charge < -0.3 is 10.1 Å². The molecule has 0 aliphatic carbocycles. The Morgan fingerprint density at radius 2 is 1.74 bits per heavy atom. The molecule has 5 aromatic rings. The maximum Gasteiger partial charge on any atom is 0.171 e. The van der Waals surface area contributed by atoms with Gasteiger partial charge in [0.2, 0.25) is 0 Å². The second-order valence-electron chi connectivity index (χ2n) is 9.35. The molecule has 1 N–H and O–H groups in total. The SMILES string of the molecule is O=S(c1ccc(Oc2ccccc2)cc1)N1CCC(c2cc(NCc3cccnc3)n3ncc(Br)c3n2)CC1. The van der Waals surface area contributed by atoms with Gasteiger partial charge in [-0.1, -0.05) is 24.3 Å². The fraction of sp³-hybridized carbons (Fsp3) is 0.207. The summed E-state index contributed by atoms with van der Waals surface area (Å²) in [7, 11) is -1.23. The Labute approximate surface area is 237 Å². The first-order valence-corrected chi connectivity index (χ1v) is 14.7. The Bertz CT molecular complexity index is 1570. The van der Waals surface area contributed by atoms with Gasteiger partial charge in [-0.2, -0.15) is 9.61 Å².